The molecule has 0 fully saturated rings. The number of carbonyl (C=O) groups is 2. The van der Waals surface area contributed by atoms with Crippen LogP contribution in [0.15, 0.2) is 6.20 Å². The average Bonchev–Trinajstić information content (AvgIpc) is 2.28. The van der Waals surface area contributed by atoms with Gasteiger partial charge >= 0.3 is 5.97 Å². The number of nitrogens with one attached hydrogen (secondary N) is 2. The van der Waals surface area contributed by atoms with Gasteiger partial charge in [0.15, 0.2) is 0 Å². The van der Waals surface area contributed by atoms with Crippen molar-refractivity contribution in [2.75, 3.05) is 11.9 Å². The van der Waals surface area contributed by atoms with Crippen molar-refractivity contribution in [2.24, 2.45) is 0 Å². The summed E-state index contributed by atoms with van der Waals surface area (Å²) in [5.41, 5.74) is 0.398. The van der Waals surface area contributed by atoms with Crippen LogP contribution in [0.1, 0.15) is 29.9 Å². The summed E-state index contributed by atoms with van der Waals surface area (Å²) in [5, 5.41) is 14.3. The van der Waals surface area contributed by atoms with Crippen molar-refractivity contribution in [3.8, 4) is 0 Å². The molecule has 1 amide bonds. The Balaban J connectivity index is 2.77. The fraction of sp³-hybridized carbons (Fsp3) is 0.455. The zero-order valence-corrected chi connectivity index (χ0v) is 10.5. The lowest BCUT2D eigenvalue weighted by atomic mass is 10.2. The van der Waals surface area contributed by atoms with Gasteiger partial charge in [-0.1, -0.05) is 0 Å². The minimum atomic E-state index is -1.07. The van der Waals surface area contributed by atoms with E-state index in [1.165, 1.54) is 6.20 Å². The van der Waals surface area contributed by atoms with Crippen LogP contribution in [-0.2, 0) is 4.79 Å². The Bertz CT molecular complexity index is 462. The van der Waals surface area contributed by atoms with Crippen LogP contribution in [0.4, 0.5) is 5.95 Å². The minimum Gasteiger partial charge on any atom is -0.478 e. The quantitative estimate of drug-likeness (QED) is 0.701. The Morgan fingerprint density at radius 3 is 2.67 bits per heavy atom. The highest BCUT2D eigenvalue weighted by Gasteiger charge is 2.14. The maximum atomic E-state index is 11.5. The lowest BCUT2D eigenvalue weighted by Crippen LogP contribution is -2.37. The van der Waals surface area contributed by atoms with Crippen molar-refractivity contribution in [2.45, 2.75) is 26.8 Å². The number of aromatic nitrogens is 2. The molecule has 0 saturated carbocycles. The fourth-order valence-electron chi connectivity index (χ4n) is 1.33. The molecule has 1 aromatic heterocycles. The highest BCUT2D eigenvalue weighted by atomic mass is 16.4. The molecule has 1 heterocycles. The third-order valence-electron chi connectivity index (χ3n) is 2.30. The molecule has 0 aliphatic rings. The van der Waals surface area contributed by atoms with Crippen molar-refractivity contribution in [3.63, 3.8) is 0 Å². The number of aromatic carboxylic acids is 1. The van der Waals surface area contributed by atoms with Crippen molar-refractivity contribution in [1.29, 1.82) is 0 Å². The summed E-state index contributed by atoms with van der Waals surface area (Å²) in [6.45, 7) is 5.62. The monoisotopic (exact) mass is 252 g/mol. The molecule has 0 saturated heterocycles. The van der Waals surface area contributed by atoms with E-state index in [0.717, 1.165) is 0 Å². The van der Waals surface area contributed by atoms with E-state index in [9.17, 15) is 9.59 Å². The second-order valence-corrected chi connectivity index (χ2v) is 3.76. The molecule has 18 heavy (non-hydrogen) atoms. The molecule has 7 nitrogen and oxygen atoms in total. The van der Waals surface area contributed by atoms with Crippen molar-refractivity contribution in [3.05, 3.63) is 17.5 Å². The molecule has 7 heteroatoms. The van der Waals surface area contributed by atoms with Gasteiger partial charge in [0.05, 0.1) is 11.3 Å². The van der Waals surface area contributed by atoms with Gasteiger partial charge in [0, 0.05) is 12.7 Å². The summed E-state index contributed by atoms with van der Waals surface area (Å²) >= 11 is 0. The first-order chi connectivity index (χ1) is 8.45. The van der Waals surface area contributed by atoms with Crippen LogP contribution in [0.25, 0.3) is 0 Å². The summed E-state index contributed by atoms with van der Waals surface area (Å²) in [6, 6.07) is -0.486. The number of hydrogen-bond donors (Lipinski definition) is 3. The van der Waals surface area contributed by atoms with Gasteiger partial charge in [0.1, 0.15) is 6.04 Å². The smallest absolute Gasteiger partial charge is 0.339 e. The molecule has 0 bridgehead atoms. The van der Waals surface area contributed by atoms with E-state index in [0.29, 0.717) is 12.2 Å². The number of anilines is 1. The number of nitrogens with zero attached hydrogens (tertiary/aromatic N) is 2. The van der Waals surface area contributed by atoms with E-state index in [2.05, 4.69) is 20.6 Å². The number of amides is 1. The summed E-state index contributed by atoms with van der Waals surface area (Å²) < 4.78 is 0. The number of hydrogen-bond acceptors (Lipinski definition) is 5. The lowest BCUT2D eigenvalue weighted by Gasteiger charge is -2.13. The number of rotatable bonds is 5. The molecule has 0 spiro atoms. The normalized spacial score (nSPS) is 11.7. The Labute approximate surface area is 105 Å². The standard InChI is InChI=1S/C11H16N4O3/c1-4-12-9(16)7(3)15-11-13-5-8(10(17)18)6(2)14-11/h5,7H,4H2,1-3H3,(H,12,16)(H,17,18)(H,13,14,15). The van der Waals surface area contributed by atoms with Crippen LogP contribution in [0.5, 0.6) is 0 Å². The van der Waals surface area contributed by atoms with Crippen LogP contribution in [-0.4, -0.2) is 39.5 Å². The number of carboxylic acid groups (broad SMARTS) is 1. The Hall–Kier alpha value is -2.18. The maximum absolute atomic E-state index is 11.5. The third-order valence-corrected chi connectivity index (χ3v) is 2.30. The Kier molecular flexibility index (Phi) is 4.59. The highest BCUT2D eigenvalue weighted by Crippen LogP contribution is 2.07. The first kappa shape index (κ1) is 13.9. The molecule has 0 radical (unpaired) electrons. The summed E-state index contributed by atoms with van der Waals surface area (Å²) in [4.78, 5) is 30.1. The zero-order valence-electron chi connectivity index (χ0n) is 10.5. The molecule has 1 unspecified atom stereocenters. The first-order valence-corrected chi connectivity index (χ1v) is 5.56. The van der Waals surface area contributed by atoms with Crippen LogP contribution in [0, 0.1) is 6.92 Å². The highest BCUT2D eigenvalue weighted by molar-refractivity contribution is 5.88. The van der Waals surface area contributed by atoms with E-state index in [1.807, 2.05) is 6.92 Å². The molecule has 3 N–H and O–H groups in total. The molecule has 1 rings (SSSR count). The van der Waals surface area contributed by atoms with Gasteiger partial charge < -0.3 is 15.7 Å². The minimum absolute atomic E-state index is 0.0474. The predicted molar refractivity (Wildman–Crippen MR) is 65.5 cm³/mol. The molecule has 1 atom stereocenters. The first-order valence-electron chi connectivity index (χ1n) is 5.56. The van der Waals surface area contributed by atoms with Gasteiger partial charge in [-0.3, -0.25) is 4.79 Å². The van der Waals surface area contributed by atoms with Crippen LogP contribution in [0.2, 0.25) is 0 Å². The Morgan fingerprint density at radius 2 is 2.17 bits per heavy atom. The summed E-state index contributed by atoms with van der Waals surface area (Å²) in [6.07, 6.45) is 1.22. The van der Waals surface area contributed by atoms with Gasteiger partial charge in [-0.2, -0.15) is 0 Å². The topological polar surface area (TPSA) is 104 Å². The van der Waals surface area contributed by atoms with E-state index in [4.69, 9.17) is 5.11 Å². The number of likely N-dealkylation sites (N-methyl/N-ethyl adjacent to an activating group) is 1. The fourth-order valence-corrected chi connectivity index (χ4v) is 1.33. The van der Waals surface area contributed by atoms with E-state index < -0.39 is 12.0 Å². The number of carbonyl (C=O) groups excluding carboxylic acids is 1. The molecule has 1 aromatic rings. The SMILES string of the molecule is CCNC(=O)C(C)Nc1ncc(C(=O)O)c(C)n1. The third kappa shape index (κ3) is 3.41. The second-order valence-electron chi connectivity index (χ2n) is 3.76. The van der Waals surface area contributed by atoms with E-state index in [1.54, 1.807) is 13.8 Å². The molecular formula is C11H16N4O3. The van der Waals surface area contributed by atoms with E-state index in [-0.39, 0.29) is 17.4 Å². The Morgan fingerprint density at radius 1 is 1.50 bits per heavy atom. The van der Waals surface area contributed by atoms with Crippen molar-refractivity contribution in [1.82, 2.24) is 15.3 Å². The van der Waals surface area contributed by atoms with Crippen molar-refractivity contribution >= 4 is 17.8 Å². The average molecular weight is 252 g/mol. The van der Waals surface area contributed by atoms with Crippen LogP contribution >= 0.6 is 0 Å². The van der Waals surface area contributed by atoms with Gasteiger partial charge in [-0.15, -0.1) is 0 Å². The second kappa shape index (κ2) is 5.95. The zero-order chi connectivity index (χ0) is 13.7. The predicted octanol–water partition coefficient (Wildman–Crippen LogP) is 0.420. The number of carboxylic acids is 1. The van der Waals surface area contributed by atoms with Crippen LogP contribution < -0.4 is 10.6 Å². The van der Waals surface area contributed by atoms with Crippen LogP contribution in [0.3, 0.4) is 0 Å². The summed E-state index contributed by atoms with van der Waals surface area (Å²) in [7, 11) is 0. The summed E-state index contributed by atoms with van der Waals surface area (Å²) in [5.74, 6) is -1.01. The van der Waals surface area contributed by atoms with Crippen molar-refractivity contribution < 1.29 is 14.7 Å². The number of aryl methyl sites for hydroxylation is 1. The van der Waals surface area contributed by atoms with Gasteiger partial charge in [-0.05, 0) is 20.8 Å². The molecule has 0 aromatic carbocycles. The van der Waals surface area contributed by atoms with Gasteiger partial charge in [-0.25, -0.2) is 14.8 Å². The maximum Gasteiger partial charge on any atom is 0.339 e. The molecule has 0 aliphatic carbocycles. The molecule has 98 valence electrons. The largest absolute Gasteiger partial charge is 0.478 e. The van der Waals surface area contributed by atoms with Gasteiger partial charge in [0.2, 0.25) is 11.9 Å². The molecular weight excluding hydrogens is 236 g/mol. The van der Waals surface area contributed by atoms with Gasteiger partial charge in [0.25, 0.3) is 0 Å². The lowest BCUT2D eigenvalue weighted by molar-refractivity contribution is -0.121. The molecule has 0 aliphatic heterocycles. The van der Waals surface area contributed by atoms with E-state index >= 15 is 0 Å².